The first-order valence-electron chi connectivity index (χ1n) is 9.19. The van der Waals surface area contributed by atoms with Gasteiger partial charge in [-0.05, 0) is 66.9 Å². The van der Waals surface area contributed by atoms with Crippen LogP contribution in [0, 0.1) is 0 Å². The molecule has 6 nitrogen and oxygen atoms in total. The monoisotopic (exact) mass is 466 g/mol. The maximum absolute atomic E-state index is 12.3. The van der Waals surface area contributed by atoms with E-state index in [0.29, 0.717) is 27.9 Å². The summed E-state index contributed by atoms with van der Waals surface area (Å²) in [6, 6.07) is 14.6. The van der Waals surface area contributed by atoms with Crippen LogP contribution in [0.3, 0.4) is 0 Å². The van der Waals surface area contributed by atoms with Gasteiger partial charge in [0.25, 0.3) is 5.91 Å². The number of halogens is 2. The Labute approximate surface area is 185 Å². The van der Waals surface area contributed by atoms with Crippen LogP contribution in [0.15, 0.2) is 70.2 Å². The first kappa shape index (κ1) is 22.4. The van der Waals surface area contributed by atoms with E-state index in [4.69, 9.17) is 27.6 Å². The molecule has 1 aromatic heterocycles. The number of aryl methyl sites for hydroxylation is 1. The summed E-state index contributed by atoms with van der Waals surface area (Å²) >= 11 is 11.9. The molecule has 158 valence electrons. The lowest BCUT2D eigenvalue weighted by molar-refractivity contribution is 0.0953. The zero-order valence-corrected chi connectivity index (χ0v) is 18.2. The van der Waals surface area contributed by atoms with Gasteiger partial charge in [0.15, 0.2) is 0 Å². The third-order valence-electron chi connectivity index (χ3n) is 4.36. The number of hydrogen-bond acceptors (Lipinski definition) is 4. The average molecular weight is 467 g/mol. The molecule has 3 rings (SSSR count). The molecule has 0 unspecified atom stereocenters. The molecule has 2 aromatic carbocycles. The fourth-order valence-electron chi connectivity index (χ4n) is 2.74. The van der Waals surface area contributed by atoms with Gasteiger partial charge in [-0.15, -0.1) is 0 Å². The number of benzene rings is 2. The molecule has 0 saturated heterocycles. The Kier molecular flexibility index (Phi) is 7.55. The zero-order valence-electron chi connectivity index (χ0n) is 15.9. The topological polar surface area (TPSA) is 88.4 Å². The molecule has 0 saturated carbocycles. The standard InChI is InChI=1S/C21H20Cl2N2O4S/c22-19-10-5-15(13-20(19)23)3-1-11-24-21(26)16-6-8-18(9-7-16)30(27,28)25-14-17-4-2-12-29-17/h2,4-10,12-13,25H,1,3,11,14H2,(H,24,26). The van der Waals surface area contributed by atoms with E-state index in [0.717, 1.165) is 18.4 Å². The molecule has 1 heterocycles. The van der Waals surface area contributed by atoms with Gasteiger partial charge in [-0.2, -0.15) is 0 Å². The van der Waals surface area contributed by atoms with Crippen molar-refractivity contribution in [3.63, 3.8) is 0 Å². The minimum atomic E-state index is -3.70. The maximum Gasteiger partial charge on any atom is 0.251 e. The van der Waals surface area contributed by atoms with Crippen LogP contribution in [-0.4, -0.2) is 20.9 Å². The molecule has 0 radical (unpaired) electrons. The molecule has 0 aliphatic rings. The normalized spacial score (nSPS) is 11.4. The second-order valence-electron chi connectivity index (χ2n) is 6.54. The number of hydrogen-bond donors (Lipinski definition) is 2. The SMILES string of the molecule is O=C(NCCCc1ccc(Cl)c(Cl)c1)c1ccc(S(=O)(=O)NCc2ccco2)cc1. The van der Waals surface area contributed by atoms with Gasteiger partial charge in [0, 0.05) is 12.1 Å². The van der Waals surface area contributed by atoms with Gasteiger partial charge in [0.2, 0.25) is 10.0 Å². The molecule has 0 spiro atoms. The summed E-state index contributed by atoms with van der Waals surface area (Å²) in [5.74, 6) is 0.243. The third-order valence-corrected chi connectivity index (χ3v) is 6.51. The molecule has 0 fully saturated rings. The quantitative estimate of drug-likeness (QED) is 0.456. The van der Waals surface area contributed by atoms with Crippen LogP contribution in [0.25, 0.3) is 0 Å². The van der Waals surface area contributed by atoms with Crippen LogP contribution in [0.5, 0.6) is 0 Å². The first-order chi connectivity index (χ1) is 14.3. The van der Waals surface area contributed by atoms with E-state index in [2.05, 4.69) is 10.0 Å². The number of rotatable bonds is 9. The van der Waals surface area contributed by atoms with Crippen molar-refractivity contribution >= 4 is 39.1 Å². The highest BCUT2D eigenvalue weighted by atomic mass is 35.5. The third kappa shape index (κ3) is 6.09. The lowest BCUT2D eigenvalue weighted by Gasteiger charge is -2.08. The molecule has 1 amide bonds. The van der Waals surface area contributed by atoms with E-state index in [-0.39, 0.29) is 17.3 Å². The number of carbonyl (C=O) groups excluding carboxylic acids is 1. The lowest BCUT2D eigenvalue weighted by Crippen LogP contribution is -2.25. The van der Waals surface area contributed by atoms with E-state index in [1.54, 1.807) is 18.2 Å². The van der Waals surface area contributed by atoms with Gasteiger partial charge < -0.3 is 9.73 Å². The minimum Gasteiger partial charge on any atom is -0.468 e. The Hall–Kier alpha value is -2.32. The van der Waals surface area contributed by atoms with Crippen LogP contribution in [0.4, 0.5) is 0 Å². The second kappa shape index (κ2) is 10.1. The van der Waals surface area contributed by atoms with Crippen molar-refractivity contribution in [1.82, 2.24) is 10.0 Å². The van der Waals surface area contributed by atoms with Crippen molar-refractivity contribution in [2.45, 2.75) is 24.3 Å². The predicted octanol–water partition coefficient (Wildman–Crippen LogP) is 4.43. The molecule has 0 bridgehead atoms. The Morgan fingerprint density at radius 2 is 1.77 bits per heavy atom. The zero-order chi connectivity index (χ0) is 21.6. The highest BCUT2D eigenvalue weighted by Crippen LogP contribution is 2.23. The van der Waals surface area contributed by atoms with E-state index >= 15 is 0 Å². The summed E-state index contributed by atoms with van der Waals surface area (Å²) < 4.78 is 32.2. The summed E-state index contributed by atoms with van der Waals surface area (Å²) in [4.78, 5) is 12.3. The van der Waals surface area contributed by atoms with Gasteiger partial charge in [-0.1, -0.05) is 29.3 Å². The lowest BCUT2D eigenvalue weighted by atomic mass is 10.1. The predicted molar refractivity (Wildman–Crippen MR) is 116 cm³/mol. The highest BCUT2D eigenvalue weighted by molar-refractivity contribution is 7.89. The molecular weight excluding hydrogens is 447 g/mol. The summed E-state index contributed by atoms with van der Waals surface area (Å²) in [5, 5.41) is 3.84. The fourth-order valence-corrected chi connectivity index (χ4v) is 4.05. The van der Waals surface area contributed by atoms with E-state index in [1.165, 1.54) is 30.5 Å². The Morgan fingerprint density at radius 1 is 1.00 bits per heavy atom. The Bertz CT molecular complexity index is 1100. The Morgan fingerprint density at radius 3 is 2.43 bits per heavy atom. The van der Waals surface area contributed by atoms with E-state index in [1.807, 2.05) is 12.1 Å². The van der Waals surface area contributed by atoms with Crippen LogP contribution < -0.4 is 10.0 Å². The largest absolute Gasteiger partial charge is 0.468 e. The van der Waals surface area contributed by atoms with E-state index < -0.39 is 10.0 Å². The maximum atomic E-state index is 12.3. The molecule has 0 aliphatic carbocycles. The van der Waals surface area contributed by atoms with Gasteiger partial charge in [-0.3, -0.25) is 4.79 Å². The van der Waals surface area contributed by atoms with Gasteiger partial charge in [-0.25, -0.2) is 13.1 Å². The summed E-state index contributed by atoms with van der Waals surface area (Å²) in [6.45, 7) is 0.528. The second-order valence-corrected chi connectivity index (χ2v) is 9.12. The average Bonchev–Trinajstić information content (AvgIpc) is 3.26. The van der Waals surface area contributed by atoms with Crippen LogP contribution in [0.1, 0.15) is 28.1 Å². The smallest absolute Gasteiger partial charge is 0.251 e. The molecule has 0 atom stereocenters. The van der Waals surface area contributed by atoms with Crippen molar-refractivity contribution < 1.29 is 17.6 Å². The minimum absolute atomic E-state index is 0.0520. The van der Waals surface area contributed by atoms with Crippen molar-refractivity contribution in [1.29, 1.82) is 0 Å². The van der Waals surface area contributed by atoms with E-state index in [9.17, 15) is 13.2 Å². The van der Waals surface area contributed by atoms with Crippen molar-refractivity contribution in [2.75, 3.05) is 6.54 Å². The van der Waals surface area contributed by atoms with Crippen LogP contribution in [-0.2, 0) is 23.0 Å². The number of nitrogens with one attached hydrogen (secondary N) is 2. The number of carbonyl (C=O) groups is 1. The van der Waals surface area contributed by atoms with Gasteiger partial charge in [0.05, 0.1) is 27.7 Å². The molecule has 0 aliphatic heterocycles. The highest BCUT2D eigenvalue weighted by Gasteiger charge is 2.15. The van der Waals surface area contributed by atoms with Crippen molar-refractivity contribution in [3.8, 4) is 0 Å². The Balaban J connectivity index is 1.48. The fraction of sp³-hybridized carbons (Fsp3) is 0.190. The van der Waals surface area contributed by atoms with Gasteiger partial charge in [0.1, 0.15) is 5.76 Å². The molecule has 2 N–H and O–H groups in total. The first-order valence-corrected chi connectivity index (χ1v) is 11.4. The van der Waals surface area contributed by atoms with Crippen LogP contribution in [0.2, 0.25) is 10.0 Å². The molecular formula is C21H20Cl2N2O4S. The summed E-state index contributed by atoms with van der Waals surface area (Å²) in [6.07, 6.45) is 2.95. The van der Waals surface area contributed by atoms with Crippen molar-refractivity contribution in [3.05, 3.63) is 87.8 Å². The number of amides is 1. The van der Waals surface area contributed by atoms with Gasteiger partial charge >= 0.3 is 0 Å². The van der Waals surface area contributed by atoms with Crippen molar-refractivity contribution in [2.24, 2.45) is 0 Å². The molecule has 30 heavy (non-hydrogen) atoms. The molecule has 3 aromatic rings. The summed E-state index contributed by atoms with van der Waals surface area (Å²) in [7, 11) is -3.70. The summed E-state index contributed by atoms with van der Waals surface area (Å²) in [5.41, 5.74) is 1.42. The molecule has 9 heteroatoms. The number of sulfonamides is 1. The number of furan rings is 1. The van der Waals surface area contributed by atoms with Crippen LogP contribution >= 0.6 is 23.2 Å².